The van der Waals surface area contributed by atoms with E-state index >= 15 is 0 Å². The van der Waals surface area contributed by atoms with E-state index in [2.05, 4.69) is 25.7 Å². The minimum absolute atomic E-state index is 0.108. The molecule has 0 bridgehead atoms. The van der Waals surface area contributed by atoms with Gasteiger partial charge in [-0.3, -0.25) is 9.59 Å². The van der Waals surface area contributed by atoms with Crippen molar-refractivity contribution in [3.8, 4) is 0 Å². The van der Waals surface area contributed by atoms with Crippen LogP contribution in [0.3, 0.4) is 0 Å². The second-order valence-corrected chi connectivity index (χ2v) is 6.29. The Morgan fingerprint density at radius 3 is 2.75 bits per heavy atom. The van der Waals surface area contributed by atoms with Crippen molar-refractivity contribution in [1.82, 2.24) is 9.80 Å². The minimum Gasteiger partial charge on any atom is -0.339 e. The molecule has 2 amide bonds. The molecule has 114 valence electrons. The van der Waals surface area contributed by atoms with Crippen LogP contribution in [0.5, 0.6) is 0 Å². The van der Waals surface area contributed by atoms with Gasteiger partial charge in [0.15, 0.2) is 0 Å². The van der Waals surface area contributed by atoms with Crippen molar-refractivity contribution in [2.45, 2.75) is 71.4 Å². The molecule has 4 heteroatoms. The topological polar surface area (TPSA) is 40.6 Å². The maximum atomic E-state index is 12.7. The van der Waals surface area contributed by atoms with Gasteiger partial charge in [0.1, 0.15) is 0 Å². The average Bonchev–Trinajstić information content (AvgIpc) is 2.87. The lowest BCUT2D eigenvalue weighted by atomic mass is 9.97. The molecule has 2 aliphatic rings. The van der Waals surface area contributed by atoms with Gasteiger partial charge in [0, 0.05) is 31.6 Å². The minimum atomic E-state index is -0.108. The summed E-state index contributed by atoms with van der Waals surface area (Å²) in [7, 11) is 0. The average molecular weight is 280 g/mol. The number of hydrogen-bond acceptors (Lipinski definition) is 2. The second-order valence-electron chi connectivity index (χ2n) is 6.29. The molecule has 2 aliphatic heterocycles. The van der Waals surface area contributed by atoms with E-state index in [0.29, 0.717) is 19.0 Å². The first kappa shape index (κ1) is 15.3. The van der Waals surface area contributed by atoms with Gasteiger partial charge in [0.25, 0.3) is 0 Å². The summed E-state index contributed by atoms with van der Waals surface area (Å²) in [5, 5.41) is 0. The predicted octanol–water partition coefficient (Wildman–Crippen LogP) is 2.42. The Hall–Kier alpha value is -1.06. The Kier molecular flexibility index (Phi) is 5.06. The van der Waals surface area contributed by atoms with Crippen molar-refractivity contribution in [3.63, 3.8) is 0 Å². The van der Waals surface area contributed by atoms with E-state index in [1.165, 1.54) is 6.42 Å². The summed E-state index contributed by atoms with van der Waals surface area (Å²) < 4.78 is 0. The summed E-state index contributed by atoms with van der Waals surface area (Å²) in [5.41, 5.74) is 0. The zero-order chi connectivity index (χ0) is 14.7. The molecule has 3 atom stereocenters. The maximum absolute atomic E-state index is 12.7. The zero-order valence-electron chi connectivity index (χ0n) is 13.1. The third-order valence-corrected chi connectivity index (χ3v) is 5.01. The standard InChI is InChI=1S/C16H28N2O2/c1-4-12(3)18-11-13(10-15(18)19)16(20)17-9-7-6-8-14(17)5-2/h12-14H,4-11H2,1-3H3. The monoisotopic (exact) mass is 280 g/mol. The molecule has 2 saturated heterocycles. The van der Waals surface area contributed by atoms with Crippen LogP contribution in [0, 0.1) is 5.92 Å². The molecule has 20 heavy (non-hydrogen) atoms. The number of nitrogens with zero attached hydrogens (tertiary/aromatic N) is 2. The second kappa shape index (κ2) is 6.59. The third kappa shape index (κ3) is 2.99. The molecule has 2 heterocycles. The van der Waals surface area contributed by atoms with Crippen LogP contribution in [0.4, 0.5) is 0 Å². The number of carbonyl (C=O) groups is 2. The molecule has 2 fully saturated rings. The molecule has 0 aromatic heterocycles. The van der Waals surface area contributed by atoms with Crippen LogP contribution < -0.4 is 0 Å². The van der Waals surface area contributed by atoms with Crippen LogP contribution in [-0.4, -0.2) is 46.8 Å². The summed E-state index contributed by atoms with van der Waals surface area (Å²) in [4.78, 5) is 28.8. The summed E-state index contributed by atoms with van der Waals surface area (Å²) in [6.45, 7) is 7.82. The fraction of sp³-hybridized carbons (Fsp3) is 0.875. The number of likely N-dealkylation sites (tertiary alicyclic amines) is 2. The van der Waals surface area contributed by atoms with Gasteiger partial charge in [-0.05, 0) is 39.0 Å². The van der Waals surface area contributed by atoms with E-state index in [4.69, 9.17) is 0 Å². The van der Waals surface area contributed by atoms with Gasteiger partial charge in [-0.15, -0.1) is 0 Å². The van der Waals surface area contributed by atoms with Gasteiger partial charge >= 0.3 is 0 Å². The SMILES string of the molecule is CCC(C)N1CC(C(=O)N2CCCCC2CC)CC1=O. The number of piperidine rings is 1. The molecule has 0 spiro atoms. The third-order valence-electron chi connectivity index (χ3n) is 5.01. The lowest BCUT2D eigenvalue weighted by molar-refractivity contribution is -0.139. The fourth-order valence-corrected chi connectivity index (χ4v) is 3.49. The van der Waals surface area contributed by atoms with Gasteiger partial charge in [-0.1, -0.05) is 13.8 Å². The summed E-state index contributed by atoms with van der Waals surface area (Å²) >= 11 is 0. The van der Waals surface area contributed by atoms with E-state index in [0.717, 1.165) is 32.2 Å². The smallest absolute Gasteiger partial charge is 0.228 e. The largest absolute Gasteiger partial charge is 0.339 e. The van der Waals surface area contributed by atoms with Crippen molar-refractivity contribution < 1.29 is 9.59 Å². The van der Waals surface area contributed by atoms with Crippen LogP contribution in [0.2, 0.25) is 0 Å². The van der Waals surface area contributed by atoms with Gasteiger partial charge in [0.2, 0.25) is 11.8 Å². The highest BCUT2D eigenvalue weighted by Crippen LogP contribution is 2.27. The van der Waals surface area contributed by atoms with Gasteiger partial charge < -0.3 is 9.80 Å². The molecule has 0 radical (unpaired) electrons. The normalized spacial score (nSPS) is 28.9. The maximum Gasteiger partial charge on any atom is 0.228 e. The number of hydrogen-bond donors (Lipinski definition) is 0. The molecule has 4 nitrogen and oxygen atoms in total. The van der Waals surface area contributed by atoms with Crippen LogP contribution in [-0.2, 0) is 9.59 Å². The van der Waals surface area contributed by atoms with Crippen LogP contribution in [0.15, 0.2) is 0 Å². The fourth-order valence-electron chi connectivity index (χ4n) is 3.49. The first-order chi connectivity index (χ1) is 9.58. The quantitative estimate of drug-likeness (QED) is 0.793. The van der Waals surface area contributed by atoms with E-state index in [1.807, 2.05) is 4.90 Å². The van der Waals surface area contributed by atoms with Crippen molar-refractivity contribution in [3.05, 3.63) is 0 Å². The zero-order valence-corrected chi connectivity index (χ0v) is 13.1. The Bertz CT molecular complexity index is 369. The van der Waals surface area contributed by atoms with E-state index in [1.54, 1.807) is 0 Å². The van der Waals surface area contributed by atoms with Gasteiger partial charge in [-0.2, -0.15) is 0 Å². The molecule has 0 aromatic carbocycles. The summed E-state index contributed by atoms with van der Waals surface area (Å²) in [6.07, 6.45) is 5.85. The highest BCUT2D eigenvalue weighted by molar-refractivity contribution is 5.89. The summed E-state index contributed by atoms with van der Waals surface area (Å²) in [6, 6.07) is 0.646. The molecule has 0 N–H and O–H groups in total. The Morgan fingerprint density at radius 2 is 2.10 bits per heavy atom. The first-order valence-corrected chi connectivity index (χ1v) is 8.18. The van der Waals surface area contributed by atoms with E-state index in [9.17, 15) is 9.59 Å². The molecule has 0 aromatic rings. The molecule has 2 rings (SSSR count). The van der Waals surface area contributed by atoms with E-state index in [-0.39, 0.29) is 23.8 Å². The lowest BCUT2D eigenvalue weighted by Crippen LogP contribution is -2.47. The highest BCUT2D eigenvalue weighted by Gasteiger charge is 2.39. The van der Waals surface area contributed by atoms with Gasteiger partial charge in [0.05, 0.1) is 5.92 Å². The van der Waals surface area contributed by atoms with Crippen molar-refractivity contribution in [1.29, 1.82) is 0 Å². The van der Waals surface area contributed by atoms with Crippen molar-refractivity contribution in [2.24, 2.45) is 5.92 Å². The van der Waals surface area contributed by atoms with Crippen molar-refractivity contribution >= 4 is 11.8 Å². The molecular weight excluding hydrogens is 252 g/mol. The Morgan fingerprint density at radius 1 is 1.35 bits per heavy atom. The first-order valence-electron chi connectivity index (χ1n) is 8.18. The van der Waals surface area contributed by atoms with Crippen LogP contribution in [0.1, 0.15) is 59.3 Å². The predicted molar refractivity (Wildman–Crippen MR) is 79.2 cm³/mol. The molecule has 3 unspecified atom stereocenters. The number of carbonyl (C=O) groups excluding carboxylic acids is 2. The van der Waals surface area contributed by atoms with Crippen LogP contribution in [0.25, 0.3) is 0 Å². The van der Waals surface area contributed by atoms with Crippen molar-refractivity contribution in [2.75, 3.05) is 13.1 Å². The van der Waals surface area contributed by atoms with Gasteiger partial charge in [-0.25, -0.2) is 0 Å². The van der Waals surface area contributed by atoms with Crippen LogP contribution >= 0.6 is 0 Å². The number of amides is 2. The number of rotatable bonds is 4. The molecule has 0 saturated carbocycles. The molecular formula is C16H28N2O2. The lowest BCUT2D eigenvalue weighted by Gasteiger charge is -2.37. The molecule has 0 aliphatic carbocycles. The Balaban J connectivity index is 2.01. The summed E-state index contributed by atoms with van der Waals surface area (Å²) in [5.74, 6) is 0.266. The Labute approximate surface area is 122 Å². The van der Waals surface area contributed by atoms with E-state index < -0.39 is 0 Å². The highest BCUT2D eigenvalue weighted by atomic mass is 16.2.